The van der Waals surface area contributed by atoms with E-state index in [9.17, 15) is 29.6 Å². The summed E-state index contributed by atoms with van der Waals surface area (Å²) in [7, 11) is 0. The second kappa shape index (κ2) is 10.9. The summed E-state index contributed by atoms with van der Waals surface area (Å²) >= 11 is 0. The molecule has 0 aliphatic carbocycles. The Bertz CT molecular complexity index is 1440. The molecule has 9 heteroatoms. The van der Waals surface area contributed by atoms with Crippen molar-refractivity contribution in [2.45, 2.75) is 25.3 Å². The second-order valence-electron chi connectivity index (χ2n) is 8.45. The fourth-order valence-corrected chi connectivity index (χ4v) is 4.48. The molecule has 0 saturated heterocycles. The van der Waals surface area contributed by atoms with Gasteiger partial charge in [-0.05, 0) is 40.1 Å². The Hall–Kier alpha value is -4.79. The molecular formula is C28H24N2O7. The van der Waals surface area contributed by atoms with Crippen LogP contribution in [0.2, 0.25) is 0 Å². The summed E-state index contributed by atoms with van der Waals surface area (Å²) in [5.74, 6) is -3.66. The van der Waals surface area contributed by atoms with Crippen molar-refractivity contribution in [1.29, 1.82) is 0 Å². The molecule has 0 bridgehead atoms. The van der Waals surface area contributed by atoms with Crippen molar-refractivity contribution in [3.63, 3.8) is 0 Å². The van der Waals surface area contributed by atoms with Crippen molar-refractivity contribution in [2.24, 2.45) is 0 Å². The first-order chi connectivity index (χ1) is 17.8. The molecule has 0 aliphatic rings. The van der Waals surface area contributed by atoms with E-state index in [0.717, 1.165) is 10.8 Å². The monoisotopic (exact) mass is 500 g/mol. The van der Waals surface area contributed by atoms with Gasteiger partial charge in [0.1, 0.15) is 6.04 Å². The maximum Gasteiger partial charge on any atom is 0.326 e. The van der Waals surface area contributed by atoms with Gasteiger partial charge in [0.05, 0.1) is 23.5 Å². The van der Waals surface area contributed by atoms with Gasteiger partial charge in [-0.3, -0.25) is 19.7 Å². The normalized spacial score (nSPS) is 12.6. The van der Waals surface area contributed by atoms with Crippen molar-refractivity contribution in [2.75, 3.05) is 6.61 Å². The van der Waals surface area contributed by atoms with E-state index in [1.807, 2.05) is 30.3 Å². The van der Waals surface area contributed by atoms with E-state index >= 15 is 0 Å². The minimum Gasteiger partial charge on any atom is -0.480 e. The maximum atomic E-state index is 13.7. The van der Waals surface area contributed by atoms with Crippen LogP contribution in [-0.4, -0.2) is 40.5 Å². The summed E-state index contributed by atoms with van der Waals surface area (Å²) in [6, 6.07) is 20.3. The molecule has 2 N–H and O–H groups in total. The minimum absolute atomic E-state index is 0.0951. The smallest absolute Gasteiger partial charge is 0.326 e. The summed E-state index contributed by atoms with van der Waals surface area (Å²) in [4.78, 5) is 49.1. The highest BCUT2D eigenvalue weighted by Gasteiger charge is 2.34. The van der Waals surface area contributed by atoms with Crippen LogP contribution in [-0.2, 0) is 14.3 Å². The summed E-state index contributed by atoms with van der Waals surface area (Å²) in [5, 5.41) is 26.8. The Kier molecular flexibility index (Phi) is 7.43. The molecule has 1 amide bonds. The summed E-state index contributed by atoms with van der Waals surface area (Å²) in [6.07, 6.45) is -0.348. The number of aliphatic carboxylic acids is 1. The van der Waals surface area contributed by atoms with Crippen molar-refractivity contribution in [3.05, 3.63) is 100 Å². The number of non-ortho nitro benzene ring substituents is 1. The predicted molar refractivity (Wildman–Crippen MR) is 137 cm³/mol. The average Bonchev–Trinajstić information content (AvgIpc) is 2.89. The van der Waals surface area contributed by atoms with Gasteiger partial charge in [0.15, 0.2) is 0 Å². The molecule has 2 atom stereocenters. The number of nitrogens with one attached hydrogen (secondary N) is 1. The summed E-state index contributed by atoms with van der Waals surface area (Å²) in [5.41, 5.74) is 0.476. The van der Waals surface area contributed by atoms with Crippen LogP contribution in [0.1, 0.15) is 35.2 Å². The minimum atomic E-state index is -1.52. The number of benzene rings is 4. The molecule has 0 heterocycles. The maximum absolute atomic E-state index is 13.7. The fraction of sp³-hybridized carbons (Fsp3) is 0.179. The van der Waals surface area contributed by atoms with Crippen LogP contribution in [0.15, 0.2) is 78.9 Å². The van der Waals surface area contributed by atoms with Gasteiger partial charge in [0.2, 0.25) is 0 Å². The summed E-state index contributed by atoms with van der Waals surface area (Å²) in [6.45, 7) is 1.72. The number of amides is 1. The quantitative estimate of drug-likeness (QED) is 0.145. The molecule has 4 rings (SSSR count). The lowest BCUT2D eigenvalue weighted by molar-refractivity contribution is -0.384. The molecule has 0 fully saturated rings. The first-order valence-corrected chi connectivity index (χ1v) is 11.6. The van der Waals surface area contributed by atoms with Crippen molar-refractivity contribution < 1.29 is 29.2 Å². The number of carboxylic acid groups (broad SMARTS) is 1. The zero-order valence-electron chi connectivity index (χ0n) is 19.9. The number of rotatable bonds is 9. The number of nitrogens with zero attached hydrogens (tertiary/aromatic N) is 1. The topological polar surface area (TPSA) is 136 Å². The number of nitro benzene ring substituents is 1. The Balaban J connectivity index is 1.78. The highest BCUT2D eigenvalue weighted by atomic mass is 16.6. The standard InChI is InChI=1S/C28H24N2O7/c1-2-37-24(31)16-23(17-11-13-20(14-12-17)30(35)36)26(28(33)34)29-27(32)25-21-9-5-3-7-18(21)15-19-8-4-6-10-22(19)25/h3-15,23,26H,2,16H2,1H3,(H,29,32)(H,33,34)/t23-,26+/m0/s1. The third kappa shape index (κ3) is 5.40. The molecule has 0 saturated carbocycles. The van der Waals surface area contributed by atoms with Gasteiger partial charge in [-0.2, -0.15) is 0 Å². The highest BCUT2D eigenvalue weighted by Crippen LogP contribution is 2.31. The van der Waals surface area contributed by atoms with E-state index in [4.69, 9.17) is 4.74 Å². The second-order valence-corrected chi connectivity index (χ2v) is 8.45. The molecule has 0 aliphatic heterocycles. The van der Waals surface area contributed by atoms with Crippen LogP contribution in [0.3, 0.4) is 0 Å². The predicted octanol–water partition coefficient (Wildman–Crippen LogP) is 4.82. The Labute approximate surface area is 211 Å². The van der Waals surface area contributed by atoms with Gasteiger partial charge in [-0.1, -0.05) is 60.7 Å². The fourth-order valence-electron chi connectivity index (χ4n) is 4.48. The van der Waals surface area contributed by atoms with Gasteiger partial charge in [0.25, 0.3) is 11.6 Å². The molecule has 0 spiro atoms. The Morgan fingerprint density at radius 1 is 0.946 bits per heavy atom. The van der Waals surface area contributed by atoms with Crippen molar-refractivity contribution >= 4 is 45.1 Å². The zero-order chi connectivity index (χ0) is 26.5. The highest BCUT2D eigenvalue weighted by molar-refractivity contribution is 6.18. The van der Waals surface area contributed by atoms with Gasteiger partial charge < -0.3 is 15.2 Å². The summed E-state index contributed by atoms with van der Waals surface area (Å²) < 4.78 is 5.04. The van der Waals surface area contributed by atoms with Crippen molar-refractivity contribution in [3.8, 4) is 0 Å². The van der Waals surface area contributed by atoms with Gasteiger partial charge in [-0.15, -0.1) is 0 Å². The van der Waals surface area contributed by atoms with E-state index in [0.29, 0.717) is 21.9 Å². The molecule has 4 aromatic carbocycles. The first-order valence-electron chi connectivity index (χ1n) is 11.6. The number of nitro groups is 1. The number of ether oxygens (including phenoxy) is 1. The lowest BCUT2D eigenvalue weighted by atomic mass is 9.87. The van der Waals surface area contributed by atoms with Crippen molar-refractivity contribution in [1.82, 2.24) is 5.32 Å². The third-order valence-corrected chi connectivity index (χ3v) is 6.18. The third-order valence-electron chi connectivity index (χ3n) is 6.18. The van der Waals surface area contributed by atoms with Crippen LogP contribution in [0.4, 0.5) is 5.69 Å². The van der Waals surface area contributed by atoms with E-state index < -0.39 is 34.7 Å². The first kappa shape index (κ1) is 25.3. The van der Waals surface area contributed by atoms with E-state index in [2.05, 4.69) is 5.32 Å². The number of carbonyl (C=O) groups is 3. The van der Waals surface area contributed by atoms with Gasteiger partial charge >= 0.3 is 11.9 Å². The zero-order valence-corrected chi connectivity index (χ0v) is 19.9. The molecule has 9 nitrogen and oxygen atoms in total. The molecule has 0 aromatic heterocycles. The number of fused-ring (bicyclic) bond motifs is 2. The SMILES string of the molecule is CCOC(=O)C[C@@H](c1ccc([N+](=O)[O-])cc1)[C@@H](NC(=O)c1c2ccccc2cc2ccccc12)C(=O)O. The lowest BCUT2D eigenvalue weighted by Gasteiger charge is -2.25. The average molecular weight is 501 g/mol. The Morgan fingerprint density at radius 2 is 1.51 bits per heavy atom. The van der Waals surface area contributed by atoms with Crippen LogP contribution in [0, 0.1) is 10.1 Å². The van der Waals surface area contributed by atoms with Crippen LogP contribution in [0.25, 0.3) is 21.5 Å². The number of esters is 1. The molecule has 188 valence electrons. The van der Waals surface area contributed by atoms with Crippen LogP contribution in [0.5, 0.6) is 0 Å². The van der Waals surface area contributed by atoms with E-state index in [-0.39, 0.29) is 18.7 Å². The number of hydrogen-bond acceptors (Lipinski definition) is 6. The largest absolute Gasteiger partial charge is 0.480 e. The van der Waals surface area contributed by atoms with Gasteiger partial charge in [-0.25, -0.2) is 4.79 Å². The molecular weight excluding hydrogens is 476 g/mol. The number of hydrogen-bond donors (Lipinski definition) is 2. The molecule has 37 heavy (non-hydrogen) atoms. The van der Waals surface area contributed by atoms with Gasteiger partial charge in [0, 0.05) is 18.1 Å². The number of carbonyl (C=O) groups excluding carboxylic acids is 2. The van der Waals surface area contributed by atoms with E-state index in [1.165, 1.54) is 24.3 Å². The molecule has 0 radical (unpaired) electrons. The Morgan fingerprint density at radius 3 is 2.03 bits per heavy atom. The molecule has 0 unspecified atom stereocenters. The molecule has 4 aromatic rings. The van der Waals surface area contributed by atoms with Crippen LogP contribution >= 0.6 is 0 Å². The lowest BCUT2D eigenvalue weighted by Crippen LogP contribution is -2.45. The van der Waals surface area contributed by atoms with E-state index in [1.54, 1.807) is 31.2 Å². The van der Waals surface area contributed by atoms with Crippen LogP contribution < -0.4 is 5.32 Å². The number of carboxylic acids is 1.